The molecule has 15 heteroatoms. The van der Waals surface area contributed by atoms with E-state index in [1.807, 2.05) is 36.4 Å². The van der Waals surface area contributed by atoms with Crippen molar-refractivity contribution in [1.82, 2.24) is 19.8 Å². The molecule has 55 heavy (non-hydrogen) atoms. The molecule has 0 spiro atoms. The number of sulfonamides is 1. The standard InChI is InChI=1S/C40H52BN4O9S/c1-40(2,3)54-39(48)35(26-30-12-7-14-32(24-30)41-49)43-37(46)34(16-18-44-19-21-52-22-20-44)42-38(47)36(45-17-9-23-55(45,50)51)27-31-13-8-15-33(25-31)53-28-29-10-5-4-6-11-29/h4-8,10-15,24-25,34-36,49H,9,16-23,26-28H2,1-3H3,(H,42,47)(H,43,46)/t34-,35-,36-/m0/s1. The van der Waals surface area contributed by atoms with Crippen LogP contribution >= 0.6 is 0 Å². The fourth-order valence-electron chi connectivity index (χ4n) is 6.61. The van der Waals surface area contributed by atoms with Gasteiger partial charge in [0.1, 0.15) is 36.1 Å². The van der Waals surface area contributed by atoms with Gasteiger partial charge in [-0.1, -0.05) is 72.2 Å². The summed E-state index contributed by atoms with van der Waals surface area (Å²) in [6.07, 6.45) is 0.671. The Morgan fingerprint density at radius 2 is 1.53 bits per heavy atom. The average Bonchev–Trinajstić information content (AvgIpc) is 3.52. The summed E-state index contributed by atoms with van der Waals surface area (Å²) < 4.78 is 45.0. The molecule has 13 nitrogen and oxygen atoms in total. The van der Waals surface area contributed by atoms with Crippen molar-refractivity contribution >= 4 is 40.8 Å². The van der Waals surface area contributed by atoms with Gasteiger partial charge in [-0.25, -0.2) is 13.2 Å². The van der Waals surface area contributed by atoms with Crippen LogP contribution in [-0.4, -0.2) is 117 Å². The number of nitrogens with one attached hydrogen (secondary N) is 2. The van der Waals surface area contributed by atoms with Crippen molar-refractivity contribution in [3.63, 3.8) is 0 Å². The first kappa shape index (κ1) is 41.9. The number of hydrogen-bond acceptors (Lipinski definition) is 10. The van der Waals surface area contributed by atoms with Gasteiger partial charge >= 0.3 is 13.5 Å². The van der Waals surface area contributed by atoms with E-state index in [-0.39, 0.29) is 31.6 Å². The molecule has 0 saturated carbocycles. The summed E-state index contributed by atoms with van der Waals surface area (Å²) >= 11 is 0. The minimum atomic E-state index is -3.74. The zero-order valence-electron chi connectivity index (χ0n) is 31.8. The number of nitrogens with zero attached hydrogens (tertiary/aromatic N) is 2. The van der Waals surface area contributed by atoms with E-state index < -0.39 is 51.5 Å². The monoisotopic (exact) mass is 775 g/mol. The predicted octanol–water partition coefficient (Wildman–Crippen LogP) is 1.73. The lowest BCUT2D eigenvalue weighted by atomic mass is 9.87. The molecule has 2 amide bonds. The fraction of sp³-hybridized carbons (Fsp3) is 0.475. The minimum absolute atomic E-state index is 0.0458. The normalized spacial score (nSPS) is 17.7. The summed E-state index contributed by atoms with van der Waals surface area (Å²) in [4.78, 5) is 44.3. The van der Waals surface area contributed by atoms with Crippen LogP contribution in [0.2, 0.25) is 0 Å². The van der Waals surface area contributed by atoms with Crippen LogP contribution in [0.25, 0.3) is 0 Å². The molecule has 2 heterocycles. The molecule has 2 aliphatic heterocycles. The number of benzene rings is 3. The summed E-state index contributed by atoms with van der Waals surface area (Å²) in [7, 11) is -2.79. The zero-order chi connectivity index (χ0) is 39.4. The Labute approximate surface area is 325 Å². The van der Waals surface area contributed by atoms with Gasteiger partial charge in [0.2, 0.25) is 21.8 Å². The third-order valence-corrected chi connectivity index (χ3v) is 11.3. The smallest absolute Gasteiger partial charge is 0.329 e. The van der Waals surface area contributed by atoms with Gasteiger partial charge < -0.3 is 29.9 Å². The molecule has 295 valence electrons. The van der Waals surface area contributed by atoms with E-state index >= 15 is 0 Å². The SMILES string of the molecule is CC(C)(C)OC(=O)[C@H](Cc1cccc([B]O)c1)NC(=O)[C@H](CCN1CCOCC1)NC(=O)[C@H](Cc1cccc(OCc2ccccc2)c1)N1CCCS1(=O)=O. The number of ether oxygens (including phenoxy) is 3. The van der Waals surface area contributed by atoms with Crippen molar-refractivity contribution in [3.05, 3.63) is 95.6 Å². The lowest BCUT2D eigenvalue weighted by Gasteiger charge is -2.31. The summed E-state index contributed by atoms with van der Waals surface area (Å²) in [5, 5.41) is 15.3. The maximum Gasteiger partial charge on any atom is 0.329 e. The molecule has 2 fully saturated rings. The third kappa shape index (κ3) is 12.9. The second-order valence-electron chi connectivity index (χ2n) is 14.9. The molecule has 3 aromatic carbocycles. The molecule has 0 aromatic heterocycles. The van der Waals surface area contributed by atoms with Crippen LogP contribution in [0.5, 0.6) is 5.75 Å². The molecule has 2 saturated heterocycles. The molecule has 3 aromatic rings. The molecule has 3 N–H and O–H groups in total. The minimum Gasteiger partial charge on any atom is -0.489 e. The Morgan fingerprint density at radius 1 is 0.855 bits per heavy atom. The van der Waals surface area contributed by atoms with Crippen LogP contribution in [0.15, 0.2) is 78.9 Å². The van der Waals surface area contributed by atoms with E-state index in [0.29, 0.717) is 68.2 Å². The van der Waals surface area contributed by atoms with Gasteiger partial charge in [0.25, 0.3) is 0 Å². The quantitative estimate of drug-likeness (QED) is 0.136. The summed E-state index contributed by atoms with van der Waals surface area (Å²) in [6.45, 7) is 8.52. The maximum atomic E-state index is 14.4. The van der Waals surface area contributed by atoms with E-state index in [9.17, 15) is 27.8 Å². The predicted molar refractivity (Wildman–Crippen MR) is 209 cm³/mol. The van der Waals surface area contributed by atoms with Crippen LogP contribution in [0.1, 0.15) is 50.3 Å². The van der Waals surface area contributed by atoms with E-state index in [2.05, 4.69) is 15.5 Å². The van der Waals surface area contributed by atoms with Crippen molar-refractivity contribution in [1.29, 1.82) is 0 Å². The first-order valence-electron chi connectivity index (χ1n) is 18.7. The highest BCUT2D eigenvalue weighted by Crippen LogP contribution is 2.23. The number of amides is 2. The highest BCUT2D eigenvalue weighted by Gasteiger charge is 2.40. The lowest BCUT2D eigenvalue weighted by Crippen LogP contribution is -2.57. The van der Waals surface area contributed by atoms with Crippen LogP contribution < -0.4 is 20.8 Å². The zero-order valence-corrected chi connectivity index (χ0v) is 32.6. The van der Waals surface area contributed by atoms with Crippen molar-refractivity contribution in [2.75, 3.05) is 45.1 Å². The van der Waals surface area contributed by atoms with Crippen molar-refractivity contribution < 1.29 is 42.0 Å². The molecule has 3 atom stereocenters. The molecule has 0 bridgehead atoms. The number of rotatable bonds is 17. The largest absolute Gasteiger partial charge is 0.489 e. The Kier molecular flexibility index (Phi) is 14.9. The van der Waals surface area contributed by atoms with Crippen LogP contribution in [-0.2, 0) is 53.3 Å². The average molecular weight is 776 g/mol. The Morgan fingerprint density at radius 3 is 2.20 bits per heavy atom. The molecular formula is C40H52BN4O9S. The highest BCUT2D eigenvalue weighted by molar-refractivity contribution is 7.89. The summed E-state index contributed by atoms with van der Waals surface area (Å²) in [5.74, 6) is -1.40. The molecule has 0 aliphatic carbocycles. The number of carbonyl (C=O) groups excluding carboxylic acids is 3. The molecular weight excluding hydrogens is 723 g/mol. The number of esters is 1. The van der Waals surface area contributed by atoms with Gasteiger partial charge in [0.05, 0.1) is 19.0 Å². The number of carbonyl (C=O) groups is 3. The van der Waals surface area contributed by atoms with Gasteiger partial charge in [-0.3, -0.25) is 14.5 Å². The van der Waals surface area contributed by atoms with E-state index in [0.717, 1.165) is 13.0 Å². The van der Waals surface area contributed by atoms with E-state index in [1.165, 1.54) is 4.31 Å². The Bertz CT molecular complexity index is 1850. The Balaban J connectivity index is 1.39. The van der Waals surface area contributed by atoms with Crippen LogP contribution in [0.4, 0.5) is 0 Å². The second-order valence-corrected chi connectivity index (χ2v) is 16.9. The van der Waals surface area contributed by atoms with Gasteiger partial charge in [-0.2, -0.15) is 4.31 Å². The van der Waals surface area contributed by atoms with Gasteiger partial charge in [0, 0.05) is 32.6 Å². The summed E-state index contributed by atoms with van der Waals surface area (Å²) in [5.41, 5.74) is 2.03. The molecule has 5 rings (SSSR count). The highest BCUT2D eigenvalue weighted by atomic mass is 32.2. The number of hydrogen-bond donors (Lipinski definition) is 3. The van der Waals surface area contributed by atoms with Crippen LogP contribution in [0.3, 0.4) is 0 Å². The van der Waals surface area contributed by atoms with Crippen molar-refractivity contribution in [2.24, 2.45) is 0 Å². The fourth-order valence-corrected chi connectivity index (χ4v) is 8.30. The van der Waals surface area contributed by atoms with E-state index in [4.69, 9.17) is 14.2 Å². The van der Waals surface area contributed by atoms with Gasteiger partial charge in [0.15, 0.2) is 0 Å². The second kappa shape index (κ2) is 19.5. The van der Waals surface area contributed by atoms with Crippen LogP contribution in [0, 0.1) is 0 Å². The maximum absolute atomic E-state index is 14.4. The van der Waals surface area contributed by atoms with Crippen molar-refractivity contribution in [3.8, 4) is 5.75 Å². The molecule has 0 unspecified atom stereocenters. The Hall–Kier alpha value is -4.28. The lowest BCUT2D eigenvalue weighted by molar-refractivity contribution is -0.158. The topological polar surface area (TPSA) is 164 Å². The van der Waals surface area contributed by atoms with Crippen molar-refractivity contribution in [2.45, 2.75) is 76.8 Å². The summed E-state index contributed by atoms with van der Waals surface area (Å²) in [6, 6.07) is 20.4. The third-order valence-electron chi connectivity index (χ3n) is 9.38. The number of morpholine rings is 1. The van der Waals surface area contributed by atoms with E-state index in [1.54, 1.807) is 63.2 Å². The molecule has 1 radical (unpaired) electrons. The molecule has 2 aliphatic rings. The first-order chi connectivity index (χ1) is 26.3. The van der Waals surface area contributed by atoms with Gasteiger partial charge in [-0.15, -0.1) is 0 Å². The van der Waals surface area contributed by atoms with Gasteiger partial charge in [-0.05, 0) is 68.9 Å². The first-order valence-corrected chi connectivity index (χ1v) is 20.4.